The lowest BCUT2D eigenvalue weighted by atomic mass is 10.2. The predicted molar refractivity (Wildman–Crippen MR) is 68.1 cm³/mol. The summed E-state index contributed by atoms with van der Waals surface area (Å²) in [7, 11) is 0. The summed E-state index contributed by atoms with van der Waals surface area (Å²) in [5.74, 6) is 1.07. The van der Waals surface area contributed by atoms with E-state index in [4.69, 9.17) is 0 Å². The van der Waals surface area contributed by atoms with Gasteiger partial charge in [0.1, 0.15) is 5.69 Å². The molecule has 3 rings (SSSR count). The summed E-state index contributed by atoms with van der Waals surface area (Å²) in [4.78, 5) is 11.5. The number of anilines is 1. The van der Waals surface area contributed by atoms with Crippen molar-refractivity contribution in [2.45, 2.75) is 20.4 Å². The number of imidazole rings is 1. The molecule has 2 aromatic rings. The summed E-state index contributed by atoms with van der Waals surface area (Å²) in [5, 5.41) is 0. The summed E-state index contributed by atoms with van der Waals surface area (Å²) in [6.07, 6.45) is 2.10. The molecule has 0 aliphatic carbocycles. The number of likely N-dealkylation sites (N-methyl/N-ethyl adjacent to an activating group) is 1. The van der Waals surface area contributed by atoms with Crippen molar-refractivity contribution in [3.63, 3.8) is 0 Å². The Labute approximate surface area is 101 Å². The maximum atomic E-state index is 4.68. The molecule has 0 N–H and O–H groups in total. The number of fused-ring (bicyclic) bond motifs is 1. The lowest BCUT2D eigenvalue weighted by molar-refractivity contribution is 0.780. The minimum Gasteiger partial charge on any atom is -0.341 e. The van der Waals surface area contributed by atoms with Gasteiger partial charge in [0.2, 0.25) is 5.95 Å². The number of rotatable bonds is 2. The normalized spacial score (nSPS) is 14.1. The Morgan fingerprint density at radius 1 is 1.18 bits per heavy atom. The number of nitrogens with zero attached hydrogens (tertiary/aromatic N) is 4. The first-order valence-corrected chi connectivity index (χ1v) is 6.04. The molecule has 0 spiro atoms. The summed E-state index contributed by atoms with van der Waals surface area (Å²) >= 11 is 0. The van der Waals surface area contributed by atoms with Crippen molar-refractivity contribution >= 4 is 5.95 Å². The second-order valence-corrected chi connectivity index (χ2v) is 4.36. The Balaban J connectivity index is 2.01. The molecule has 1 aliphatic heterocycles. The van der Waals surface area contributed by atoms with Crippen LogP contribution < -0.4 is 4.90 Å². The Bertz CT molecular complexity index is 544. The fourth-order valence-corrected chi connectivity index (χ4v) is 2.26. The van der Waals surface area contributed by atoms with Crippen LogP contribution in [-0.2, 0) is 6.54 Å². The van der Waals surface area contributed by atoms with Gasteiger partial charge in [0.15, 0.2) is 0 Å². The van der Waals surface area contributed by atoms with Crippen LogP contribution in [0.3, 0.4) is 0 Å². The molecule has 2 aromatic heterocycles. The van der Waals surface area contributed by atoms with Gasteiger partial charge in [0.25, 0.3) is 0 Å². The molecule has 0 saturated heterocycles. The highest BCUT2D eigenvalue weighted by molar-refractivity contribution is 5.57. The van der Waals surface area contributed by atoms with Crippen LogP contribution in [0.2, 0.25) is 0 Å². The van der Waals surface area contributed by atoms with Gasteiger partial charge in [-0.15, -0.1) is 0 Å². The average Bonchev–Trinajstić information content (AvgIpc) is 2.87. The van der Waals surface area contributed by atoms with E-state index in [9.17, 15) is 0 Å². The van der Waals surface area contributed by atoms with Crippen molar-refractivity contribution in [2.24, 2.45) is 0 Å². The third-order valence-electron chi connectivity index (χ3n) is 3.18. The molecule has 4 nitrogen and oxygen atoms in total. The highest BCUT2D eigenvalue weighted by Gasteiger charge is 2.21. The Kier molecular flexibility index (Phi) is 2.35. The van der Waals surface area contributed by atoms with Gasteiger partial charge in [-0.05, 0) is 26.0 Å². The zero-order chi connectivity index (χ0) is 11.8. The van der Waals surface area contributed by atoms with Gasteiger partial charge in [-0.1, -0.05) is 6.07 Å². The molecule has 0 saturated carbocycles. The summed E-state index contributed by atoms with van der Waals surface area (Å²) in [5.41, 5.74) is 2.97. The summed E-state index contributed by atoms with van der Waals surface area (Å²) in [6, 6.07) is 6.05. The number of hydrogen-bond acceptors (Lipinski definition) is 3. The lowest BCUT2D eigenvalue weighted by Crippen LogP contribution is -2.20. The molecular weight excluding hydrogens is 212 g/mol. The largest absolute Gasteiger partial charge is 0.341 e. The summed E-state index contributed by atoms with van der Waals surface area (Å²) in [6.45, 7) is 7.28. The van der Waals surface area contributed by atoms with Gasteiger partial charge < -0.3 is 9.47 Å². The highest BCUT2D eigenvalue weighted by Crippen LogP contribution is 2.25. The molecule has 0 amide bonds. The van der Waals surface area contributed by atoms with E-state index in [2.05, 4.69) is 32.6 Å². The van der Waals surface area contributed by atoms with E-state index in [1.165, 1.54) is 0 Å². The van der Waals surface area contributed by atoms with Crippen molar-refractivity contribution in [2.75, 3.05) is 18.0 Å². The summed E-state index contributed by atoms with van der Waals surface area (Å²) < 4.78 is 2.21. The van der Waals surface area contributed by atoms with Gasteiger partial charge in [-0.3, -0.25) is 4.98 Å². The van der Waals surface area contributed by atoms with Crippen LogP contribution in [0.25, 0.3) is 11.4 Å². The smallest absolute Gasteiger partial charge is 0.206 e. The Morgan fingerprint density at radius 2 is 2.06 bits per heavy atom. The molecule has 17 heavy (non-hydrogen) atoms. The maximum absolute atomic E-state index is 4.68. The van der Waals surface area contributed by atoms with Crippen LogP contribution in [0.4, 0.5) is 5.95 Å². The number of aromatic nitrogens is 3. The standard InChI is InChI=1S/C13H16N4/c1-3-16-7-8-17-9-12(15-13(16)17)11-6-4-5-10(2)14-11/h4-6,9H,3,7-8H2,1-2H3. The van der Waals surface area contributed by atoms with E-state index in [0.717, 1.165) is 42.7 Å². The molecule has 88 valence electrons. The van der Waals surface area contributed by atoms with E-state index in [1.807, 2.05) is 25.1 Å². The van der Waals surface area contributed by atoms with Gasteiger partial charge >= 0.3 is 0 Å². The topological polar surface area (TPSA) is 34.0 Å². The van der Waals surface area contributed by atoms with Crippen LogP contribution >= 0.6 is 0 Å². The van der Waals surface area contributed by atoms with Gasteiger partial charge in [-0.2, -0.15) is 0 Å². The van der Waals surface area contributed by atoms with Crippen molar-refractivity contribution in [3.8, 4) is 11.4 Å². The average molecular weight is 228 g/mol. The second kappa shape index (κ2) is 3.87. The van der Waals surface area contributed by atoms with Gasteiger partial charge in [0.05, 0.1) is 5.69 Å². The zero-order valence-corrected chi connectivity index (χ0v) is 10.2. The third kappa shape index (κ3) is 1.69. The lowest BCUT2D eigenvalue weighted by Gasteiger charge is -2.11. The predicted octanol–water partition coefficient (Wildman–Crippen LogP) is 2.09. The SMILES string of the molecule is CCN1CCn2cc(-c3cccc(C)n3)nc21. The second-order valence-electron chi connectivity index (χ2n) is 4.36. The quantitative estimate of drug-likeness (QED) is 0.789. The minimum absolute atomic E-state index is 0.961. The van der Waals surface area contributed by atoms with Crippen molar-refractivity contribution < 1.29 is 0 Å². The van der Waals surface area contributed by atoms with Gasteiger partial charge in [0, 0.05) is 31.5 Å². The van der Waals surface area contributed by atoms with E-state index in [0.29, 0.717) is 0 Å². The maximum Gasteiger partial charge on any atom is 0.206 e. The Hall–Kier alpha value is -1.84. The fourth-order valence-electron chi connectivity index (χ4n) is 2.26. The molecule has 0 bridgehead atoms. The fraction of sp³-hybridized carbons (Fsp3) is 0.385. The zero-order valence-electron chi connectivity index (χ0n) is 10.2. The number of hydrogen-bond donors (Lipinski definition) is 0. The first-order valence-electron chi connectivity index (χ1n) is 6.04. The molecule has 1 aliphatic rings. The van der Waals surface area contributed by atoms with Crippen molar-refractivity contribution in [1.29, 1.82) is 0 Å². The first-order chi connectivity index (χ1) is 8.28. The molecule has 4 heteroatoms. The van der Waals surface area contributed by atoms with E-state index in [-0.39, 0.29) is 0 Å². The van der Waals surface area contributed by atoms with Crippen LogP contribution in [-0.4, -0.2) is 27.6 Å². The molecule has 3 heterocycles. The molecular formula is C13H16N4. The van der Waals surface area contributed by atoms with Crippen LogP contribution in [0.15, 0.2) is 24.4 Å². The third-order valence-corrected chi connectivity index (χ3v) is 3.18. The monoisotopic (exact) mass is 228 g/mol. The van der Waals surface area contributed by atoms with E-state index >= 15 is 0 Å². The first kappa shape index (κ1) is 10.3. The van der Waals surface area contributed by atoms with Gasteiger partial charge in [-0.25, -0.2) is 4.98 Å². The molecule has 0 atom stereocenters. The van der Waals surface area contributed by atoms with Crippen LogP contribution in [0, 0.1) is 6.92 Å². The van der Waals surface area contributed by atoms with E-state index < -0.39 is 0 Å². The molecule has 0 fully saturated rings. The number of pyridine rings is 1. The number of aryl methyl sites for hydroxylation is 1. The van der Waals surface area contributed by atoms with Crippen LogP contribution in [0.1, 0.15) is 12.6 Å². The molecule has 0 aromatic carbocycles. The Morgan fingerprint density at radius 3 is 2.82 bits per heavy atom. The van der Waals surface area contributed by atoms with Crippen LogP contribution in [0.5, 0.6) is 0 Å². The highest BCUT2D eigenvalue weighted by atomic mass is 15.4. The minimum atomic E-state index is 0.961. The molecule has 0 unspecified atom stereocenters. The van der Waals surface area contributed by atoms with Crippen molar-refractivity contribution in [1.82, 2.24) is 14.5 Å². The van der Waals surface area contributed by atoms with E-state index in [1.54, 1.807) is 0 Å². The van der Waals surface area contributed by atoms with Crippen molar-refractivity contribution in [3.05, 3.63) is 30.1 Å². The molecule has 0 radical (unpaired) electrons.